The first-order valence-corrected chi connectivity index (χ1v) is 6.57. The Morgan fingerprint density at radius 2 is 1.83 bits per heavy atom. The van der Waals surface area contributed by atoms with Gasteiger partial charge in [-0.1, -0.05) is 30.0 Å². The first-order chi connectivity index (χ1) is 10.9. The molecule has 0 bridgehead atoms. The Labute approximate surface area is 130 Å². The molecule has 0 heterocycles. The van der Waals surface area contributed by atoms with Crippen LogP contribution in [0.4, 0.5) is 17.6 Å². The van der Waals surface area contributed by atoms with E-state index in [0.29, 0.717) is 0 Å². The molecular formula is C17H11F4NO. The van der Waals surface area contributed by atoms with Gasteiger partial charge in [0.2, 0.25) is 0 Å². The van der Waals surface area contributed by atoms with E-state index in [9.17, 15) is 22.4 Å². The summed E-state index contributed by atoms with van der Waals surface area (Å²) in [7, 11) is 0. The van der Waals surface area contributed by atoms with E-state index >= 15 is 0 Å². The van der Waals surface area contributed by atoms with Crippen molar-refractivity contribution in [2.75, 3.05) is 6.54 Å². The quantitative estimate of drug-likeness (QED) is 0.664. The molecule has 23 heavy (non-hydrogen) atoms. The number of nitrogens with one attached hydrogen (secondary N) is 1. The number of rotatable bonds is 2. The Bertz CT molecular complexity index is 772. The molecular weight excluding hydrogens is 310 g/mol. The maximum Gasteiger partial charge on any atom is 0.417 e. The summed E-state index contributed by atoms with van der Waals surface area (Å²) in [5, 5.41) is 2.39. The van der Waals surface area contributed by atoms with E-state index in [-0.39, 0.29) is 17.7 Å². The molecule has 0 atom stereocenters. The van der Waals surface area contributed by atoms with Crippen LogP contribution in [0.3, 0.4) is 0 Å². The second-order valence-electron chi connectivity index (χ2n) is 4.54. The third-order valence-electron chi connectivity index (χ3n) is 2.88. The van der Waals surface area contributed by atoms with Crippen molar-refractivity contribution in [3.63, 3.8) is 0 Å². The Kier molecular flexibility index (Phi) is 5.02. The number of hydrogen-bond acceptors (Lipinski definition) is 1. The molecule has 2 aromatic rings. The maximum atomic E-state index is 13.0. The Morgan fingerprint density at radius 1 is 1.09 bits per heavy atom. The number of hydrogen-bond donors (Lipinski definition) is 1. The molecule has 0 saturated carbocycles. The standard InChI is InChI=1S/C17H11F4NO/c18-14-8-3-6-13(11-14)16(23)22-10-4-7-12-5-1-2-9-15(12)17(19,20)21/h1-3,5-6,8-9,11H,10H2,(H,22,23). The zero-order chi connectivity index (χ0) is 16.9. The van der Waals surface area contributed by atoms with Gasteiger partial charge < -0.3 is 5.32 Å². The summed E-state index contributed by atoms with van der Waals surface area (Å²) in [6.07, 6.45) is -4.49. The second kappa shape index (κ2) is 6.97. The number of halogens is 4. The first kappa shape index (κ1) is 16.6. The average molecular weight is 321 g/mol. The van der Waals surface area contributed by atoms with E-state index < -0.39 is 23.5 Å². The van der Waals surface area contributed by atoms with Crippen LogP contribution in [0.5, 0.6) is 0 Å². The van der Waals surface area contributed by atoms with Crippen molar-refractivity contribution >= 4 is 5.91 Å². The van der Waals surface area contributed by atoms with Crippen LogP contribution in [0.2, 0.25) is 0 Å². The summed E-state index contributed by atoms with van der Waals surface area (Å²) < 4.78 is 51.3. The van der Waals surface area contributed by atoms with Crippen LogP contribution in [0, 0.1) is 17.7 Å². The molecule has 0 aliphatic carbocycles. The van der Waals surface area contributed by atoms with E-state index in [1.54, 1.807) is 0 Å². The number of amides is 1. The predicted molar refractivity (Wildman–Crippen MR) is 77.1 cm³/mol. The van der Waals surface area contributed by atoms with Crippen molar-refractivity contribution in [3.8, 4) is 11.8 Å². The molecule has 0 saturated heterocycles. The topological polar surface area (TPSA) is 29.1 Å². The van der Waals surface area contributed by atoms with Crippen LogP contribution in [0.1, 0.15) is 21.5 Å². The maximum absolute atomic E-state index is 13.0. The lowest BCUT2D eigenvalue weighted by Crippen LogP contribution is -2.23. The van der Waals surface area contributed by atoms with Gasteiger partial charge in [0.15, 0.2) is 0 Å². The van der Waals surface area contributed by atoms with Gasteiger partial charge >= 0.3 is 6.18 Å². The number of benzene rings is 2. The first-order valence-electron chi connectivity index (χ1n) is 6.57. The van der Waals surface area contributed by atoms with Crippen molar-refractivity contribution in [2.24, 2.45) is 0 Å². The van der Waals surface area contributed by atoms with Gasteiger partial charge in [-0.2, -0.15) is 13.2 Å². The van der Waals surface area contributed by atoms with Gasteiger partial charge in [-0.15, -0.1) is 0 Å². The largest absolute Gasteiger partial charge is 0.417 e. The molecule has 0 aliphatic rings. The molecule has 0 unspecified atom stereocenters. The molecule has 0 aromatic heterocycles. The Balaban J connectivity index is 2.03. The van der Waals surface area contributed by atoms with E-state index in [0.717, 1.165) is 12.1 Å². The molecule has 0 spiro atoms. The molecule has 118 valence electrons. The fourth-order valence-corrected chi connectivity index (χ4v) is 1.83. The minimum atomic E-state index is -4.49. The van der Waals surface area contributed by atoms with Crippen molar-refractivity contribution in [3.05, 3.63) is 71.0 Å². The normalized spacial score (nSPS) is 10.6. The van der Waals surface area contributed by atoms with Crippen molar-refractivity contribution in [1.29, 1.82) is 0 Å². The molecule has 0 aliphatic heterocycles. The van der Waals surface area contributed by atoms with Gasteiger partial charge in [-0.25, -0.2) is 4.39 Å². The van der Waals surface area contributed by atoms with Gasteiger partial charge in [0, 0.05) is 11.1 Å². The summed E-state index contributed by atoms with van der Waals surface area (Å²) in [5.41, 5.74) is -0.883. The highest BCUT2D eigenvalue weighted by Crippen LogP contribution is 2.31. The van der Waals surface area contributed by atoms with Gasteiger partial charge in [0.25, 0.3) is 5.91 Å². The highest BCUT2D eigenvalue weighted by Gasteiger charge is 2.32. The van der Waals surface area contributed by atoms with Gasteiger partial charge in [-0.3, -0.25) is 4.79 Å². The second-order valence-corrected chi connectivity index (χ2v) is 4.54. The summed E-state index contributed by atoms with van der Waals surface area (Å²) in [4.78, 5) is 11.7. The minimum absolute atomic E-state index is 0.113. The Hall–Kier alpha value is -2.81. The van der Waals surface area contributed by atoms with Crippen LogP contribution >= 0.6 is 0 Å². The van der Waals surface area contributed by atoms with Crippen LogP contribution in [0.25, 0.3) is 0 Å². The molecule has 2 nitrogen and oxygen atoms in total. The van der Waals surface area contributed by atoms with Gasteiger partial charge in [0.05, 0.1) is 12.1 Å². The van der Waals surface area contributed by atoms with E-state index in [1.807, 2.05) is 0 Å². The minimum Gasteiger partial charge on any atom is -0.341 e. The number of carbonyl (C=O) groups excluding carboxylic acids is 1. The lowest BCUT2D eigenvalue weighted by Gasteiger charge is -2.08. The molecule has 1 amide bonds. The van der Waals surface area contributed by atoms with E-state index in [4.69, 9.17) is 0 Å². The molecule has 0 fully saturated rings. The van der Waals surface area contributed by atoms with Crippen LogP contribution in [0.15, 0.2) is 48.5 Å². The van der Waals surface area contributed by atoms with E-state index in [1.165, 1.54) is 36.4 Å². The van der Waals surface area contributed by atoms with Gasteiger partial charge in [0.1, 0.15) is 5.82 Å². The van der Waals surface area contributed by atoms with Crippen molar-refractivity contribution in [1.82, 2.24) is 5.32 Å². The summed E-state index contributed by atoms with van der Waals surface area (Å²) in [6, 6.07) is 9.98. The predicted octanol–water partition coefficient (Wildman–Crippen LogP) is 3.63. The van der Waals surface area contributed by atoms with Crippen molar-refractivity contribution < 1.29 is 22.4 Å². The third kappa shape index (κ3) is 4.58. The Morgan fingerprint density at radius 3 is 2.52 bits per heavy atom. The molecule has 0 radical (unpaired) electrons. The number of alkyl halides is 3. The lowest BCUT2D eigenvalue weighted by molar-refractivity contribution is -0.137. The number of carbonyl (C=O) groups is 1. The molecule has 6 heteroatoms. The average Bonchev–Trinajstić information content (AvgIpc) is 2.51. The van der Waals surface area contributed by atoms with Crippen LogP contribution in [-0.4, -0.2) is 12.5 Å². The zero-order valence-corrected chi connectivity index (χ0v) is 11.7. The zero-order valence-electron chi connectivity index (χ0n) is 11.7. The monoisotopic (exact) mass is 321 g/mol. The summed E-state index contributed by atoms with van der Waals surface area (Å²) in [5.74, 6) is 3.73. The molecule has 2 aromatic carbocycles. The highest BCUT2D eigenvalue weighted by atomic mass is 19.4. The summed E-state index contributed by atoms with van der Waals surface area (Å²) >= 11 is 0. The van der Waals surface area contributed by atoms with E-state index in [2.05, 4.69) is 17.2 Å². The summed E-state index contributed by atoms with van der Waals surface area (Å²) in [6.45, 7) is -0.151. The smallest absolute Gasteiger partial charge is 0.341 e. The highest BCUT2D eigenvalue weighted by molar-refractivity contribution is 5.94. The third-order valence-corrected chi connectivity index (χ3v) is 2.88. The molecule has 2 rings (SSSR count). The SMILES string of the molecule is O=C(NCC#Cc1ccccc1C(F)(F)F)c1cccc(F)c1. The van der Waals surface area contributed by atoms with Crippen LogP contribution in [-0.2, 0) is 6.18 Å². The fraction of sp³-hybridized carbons (Fsp3) is 0.118. The lowest BCUT2D eigenvalue weighted by atomic mass is 10.1. The fourth-order valence-electron chi connectivity index (χ4n) is 1.83. The van der Waals surface area contributed by atoms with Crippen molar-refractivity contribution in [2.45, 2.75) is 6.18 Å². The van der Waals surface area contributed by atoms with Crippen LogP contribution < -0.4 is 5.32 Å². The van der Waals surface area contributed by atoms with Gasteiger partial charge in [-0.05, 0) is 30.3 Å². The molecule has 1 N–H and O–H groups in total.